The van der Waals surface area contributed by atoms with Gasteiger partial charge in [0.25, 0.3) is 0 Å². The maximum Gasteiger partial charge on any atom is 0.245 e. The summed E-state index contributed by atoms with van der Waals surface area (Å²) >= 11 is 1.71. The Morgan fingerprint density at radius 2 is 2.24 bits per heavy atom. The summed E-state index contributed by atoms with van der Waals surface area (Å²) in [5, 5.41) is 13.1. The molecule has 9 heteroatoms. The van der Waals surface area contributed by atoms with Crippen LogP contribution in [0.15, 0.2) is 22.1 Å². The van der Waals surface area contributed by atoms with Crippen molar-refractivity contribution < 1.29 is 9.37 Å². The molecule has 3 aromatic rings. The summed E-state index contributed by atoms with van der Waals surface area (Å²) in [6, 6.07) is 4.13. The molecule has 1 unspecified atom stereocenters. The Balaban J connectivity index is 1.61. The molecule has 132 valence electrons. The number of nitrogens with zero attached hydrogens (tertiary/aromatic N) is 5. The normalized spacial score (nSPS) is 18.0. The molecule has 0 bridgehead atoms. The molecular formula is C16H20N6O2S. The zero-order chi connectivity index (χ0) is 17.1. The third-order valence-corrected chi connectivity index (χ3v) is 5.20. The van der Waals surface area contributed by atoms with Crippen molar-refractivity contribution in [2.45, 2.75) is 19.4 Å². The molecule has 1 aliphatic heterocycles. The lowest BCUT2D eigenvalue weighted by molar-refractivity contribution is 0.143. The van der Waals surface area contributed by atoms with Crippen LogP contribution in [-0.2, 0) is 11.3 Å². The Kier molecular flexibility index (Phi) is 4.75. The minimum Gasteiger partial charge on any atom is -0.384 e. The number of ether oxygens (including phenoxy) is 1. The second kappa shape index (κ2) is 7.32. The third-order valence-electron chi connectivity index (χ3n) is 4.33. The summed E-state index contributed by atoms with van der Waals surface area (Å²) in [5.74, 6) is 2.02. The standard InChI is InChI=1S/C16H20N6O2S/c1-23-10-11-4-2-6-22(9-11)16-15(17-8-12-5-3-7-25-12)18-13-14(19-16)21-24-20-13/h3,5,7,11H,2,4,6,8-10H2,1H3,(H,17,18,20). The van der Waals surface area contributed by atoms with Gasteiger partial charge in [-0.2, -0.15) is 0 Å². The monoisotopic (exact) mass is 360 g/mol. The van der Waals surface area contributed by atoms with E-state index in [1.54, 1.807) is 18.4 Å². The summed E-state index contributed by atoms with van der Waals surface area (Å²) in [7, 11) is 1.75. The summed E-state index contributed by atoms with van der Waals surface area (Å²) in [6.07, 6.45) is 2.28. The Hall–Kier alpha value is -2.26. The van der Waals surface area contributed by atoms with E-state index in [0.29, 0.717) is 23.8 Å². The lowest BCUT2D eigenvalue weighted by Gasteiger charge is -2.33. The third kappa shape index (κ3) is 3.57. The molecule has 1 atom stereocenters. The number of thiophene rings is 1. The van der Waals surface area contributed by atoms with E-state index in [4.69, 9.17) is 9.37 Å². The molecule has 3 aromatic heterocycles. The number of piperidine rings is 1. The van der Waals surface area contributed by atoms with Gasteiger partial charge in [-0.3, -0.25) is 0 Å². The van der Waals surface area contributed by atoms with Crippen LogP contribution in [0.4, 0.5) is 11.6 Å². The van der Waals surface area contributed by atoms with Crippen LogP contribution in [0.3, 0.4) is 0 Å². The highest BCUT2D eigenvalue weighted by Gasteiger charge is 2.25. The minimum absolute atomic E-state index is 0.419. The van der Waals surface area contributed by atoms with Gasteiger partial charge in [-0.05, 0) is 40.5 Å². The van der Waals surface area contributed by atoms with Gasteiger partial charge in [-0.15, -0.1) is 11.3 Å². The average Bonchev–Trinajstić information content (AvgIpc) is 3.31. The first kappa shape index (κ1) is 16.2. The number of methoxy groups -OCH3 is 1. The van der Waals surface area contributed by atoms with Crippen molar-refractivity contribution in [2.75, 3.05) is 37.0 Å². The first-order valence-electron chi connectivity index (χ1n) is 8.34. The van der Waals surface area contributed by atoms with Crippen molar-refractivity contribution in [3.05, 3.63) is 22.4 Å². The summed E-state index contributed by atoms with van der Waals surface area (Å²) in [5.41, 5.74) is 0.855. The van der Waals surface area contributed by atoms with Gasteiger partial charge in [-0.1, -0.05) is 6.07 Å². The summed E-state index contributed by atoms with van der Waals surface area (Å²) in [6.45, 7) is 3.30. The highest BCUT2D eigenvalue weighted by molar-refractivity contribution is 7.09. The predicted molar refractivity (Wildman–Crippen MR) is 95.9 cm³/mol. The number of aromatic nitrogens is 4. The topological polar surface area (TPSA) is 89.2 Å². The van der Waals surface area contributed by atoms with Gasteiger partial charge in [0, 0.05) is 25.1 Å². The lowest BCUT2D eigenvalue weighted by Crippen LogP contribution is -2.38. The fourth-order valence-corrected chi connectivity index (χ4v) is 3.83. The number of anilines is 2. The molecule has 25 heavy (non-hydrogen) atoms. The quantitative estimate of drug-likeness (QED) is 0.717. The van der Waals surface area contributed by atoms with E-state index in [1.165, 1.54) is 11.3 Å². The predicted octanol–water partition coefficient (Wildman–Crippen LogP) is 2.55. The number of fused-ring (bicyclic) bond motifs is 1. The second-order valence-corrected chi connectivity index (χ2v) is 7.18. The fourth-order valence-electron chi connectivity index (χ4n) is 3.18. The van der Waals surface area contributed by atoms with Gasteiger partial charge in [0.05, 0.1) is 13.2 Å². The van der Waals surface area contributed by atoms with E-state index in [9.17, 15) is 0 Å². The van der Waals surface area contributed by atoms with Crippen LogP contribution in [-0.4, -0.2) is 47.1 Å². The van der Waals surface area contributed by atoms with Crippen molar-refractivity contribution in [3.8, 4) is 0 Å². The maximum atomic E-state index is 5.34. The summed E-state index contributed by atoms with van der Waals surface area (Å²) in [4.78, 5) is 12.7. The van der Waals surface area contributed by atoms with Gasteiger partial charge in [-0.25, -0.2) is 14.6 Å². The Morgan fingerprint density at radius 3 is 3.04 bits per heavy atom. The summed E-state index contributed by atoms with van der Waals surface area (Å²) < 4.78 is 10.1. The zero-order valence-corrected chi connectivity index (χ0v) is 14.8. The second-order valence-electron chi connectivity index (χ2n) is 6.15. The van der Waals surface area contributed by atoms with Gasteiger partial charge in [0.1, 0.15) is 0 Å². The van der Waals surface area contributed by atoms with E-state index in [0.717, 1.165) is 37.8 Å². The molecule has 8 nitrogen and oxygen atoms in total. The van der Waals surface area contributed by atoms with E-state index in [1.807, 2.05) is 6.07 Å². The molecule has 1 fully saturated rings. The van der Waals surface area contributed by atoms with E-state index < -0.39 is 0 Å². The highest BCUT2D eigenvalue weighted by Crippen LogP contribution is 2.29. The van der Waals surface area contributed by atoms with Crippen LogP contribution in [0.25, 0.3) is 11.3 Å². The molecule has 0 aliphatic carbocycles. The van der Waals surface area contributed by atoms with Crippen LogP contribution in [0.2, 0.25) is 0 Å². The molecule has 1 saturated heterocycles. The van der Waals surface area contributed by atoms with Crippen molar-refractivity contribution in [1.82, 2.24) is 20.3 Å². The van der Waals surface area contributed by atoms with Gasteiger partial charge in [0.15, 0.2) is 11.6 Å². The molecule has 4 rings (SSSR count). The van der Waals surface area contributed by atoms with Gasteiger partial charge in [0.2, 0.25) is 11.3 Å². The van der Waals surface area contributed by atoms with E-state index >= 15 is 0 Å². The average molecular weight is 360 g/mol. The number of hydrogen-bond donors (Lipinski definition) is 1. The van der Waals surface area contributed by atoms with Gasteiger partial charge < -0.3 is 15.0 Å². The lowest BCUT2D eigenvalue weighted by atomic mass is 9.99. The Morgan fingerprint density at radius 1 is 1.36 bits per heavy atom. The van der Waals surface area contributed by atoms with E-state index in [-0.39, 0.29) is 0 Å². The molecule has 1 aliphatic rings. The molecule has 4 heterocycles. The molecular weight excluding hydrogens is 340 g/mol. The fraction of sp³-hybridized carbons (Fsp3) is 0.500. The molecule has 0 amide bonds. The van der Waals surface area contributed by atoms with Crippen LogP contribution in [0, 0.1) is 5.92 Å². The van der Waals surface area contributed by atoms with Crippen molar-refractivity contribution >= 4 is 34.3 Å². The van der Waals surface area contributed by atoms with E-state index in [2.05, 4.69) is 41.9 Å². The Labute approximate surface area is 149 Å². The van der Waals surface area contributed by atoms with Crippen LogP contribution in [0.1, 0.15) is 17.7 Å². The van der Waals surface area contributed by atoms with Crippen molar-refractivity contribution in [1.29, 1.82) is 0 Å². The molecule has 0 radical (unpaired) electrons. The Bertz CT molecular complexity index is 819. The molecule has 0 saturated carbocycles. The van der Waals surface area contributed by atoms with Gasteiger partial charge >= 0.3 is 0 Å². The zero-order valence-electron chi connectivity index (χ0n) is 14.0. The smallest absolute Gasteiger partial charge is 0.245 e. The number of rotatable bonds is 6. The SMILES string of the molecule is COCC1CCCN(c2nc3nonc3nc2NCc2cccs2)C1. The van der Waals surface area contributed by atoms with Crippen molar-refractivity contribution in [3.63, 3.8) is 0 Å². The molecule has 0 spiro atoms. The first-order valence-corrected chi connectivity index (χ1v) is 9.22. The van der Waals surface area contributed by atoms with Crippen LogP contribution in [0.5, 0.6) is 0 Å². The molecule has 1 N–H and O–H groups in total. The van der Waals surface area contributed by atoms with Crippen LogP contribution < -0.4 is 10.2 Å². The van der Waals surface area contributed by atoms with Crippen LogP contribution >= 0.6 is 11.3 Å². The van der Waals surface area contributed by atoms with Crippen molar-refractivity contribution in [2.24, 2.45) is 5.92 Å². The number of nitrogens with one attached hydrogen (secondary N) is 1. The first-order chi connectivity index (χ1) is 12.3. The maximum absolute atomic E-state index is 5.34. The largest absolute Gasteiger partial charge is 0.384 e. The number of hydrogen-bond acceptors (Lipinski definition) is 9. The highest BCUT2D eigenvalue weighted by atomic mass is 32.1. The minimum atomic E-state index is 0.419. The molecule has 0 aromatic carbocycles.